The van der Waals surface area contributed by atoms with Gasteiger partial charge in [-0.1, -0.05) is 17.7 Å². The molecule has 0 atom stereocenters. The van der Waals surface area contributed by atoms with Crippen LogP contribution in [-0.2, 0) is 6.61 Å². The van der Waals surface area contributed by atoms with Crippen molar-refractivity contribution in [2.24, 2.45) is 0 Å². The monoisotopic (exact) mass is 247 g/mol. The van der Waals surface area contributed by atoms with Gasteiger partial charge in [-0.15, -0.1) is 0 Å². The number of aryl methyl sites for hydroxylation is 2. The van der Waals surface area contributed by atoms with Crippen molar-refractivity contribution in [3.05, 3.63) is 47.2 Å². The van der Waals surface area contributed by atoms with Crippen LogP contribution in [0.5, 0.6) is 5.75 Å². The highest BCUT2D eigenvalue weighted by Gasteiger charge is 2.16. The Hall–Kier alpha value is -2.30. The Labute approximate surface area is 104 Å². The Morgan fingerprint density at radius 3 is 2.56 bits per heavy atom. The van der Waals surface area contributed by atoms with Crippen molar-refractivity contribution in [2.75, 3.05) is 0 Å². The van der Waals surface area contributed by atoms with Gasteiger partial charge in [0.1, 0.15) is 5.75 Å². The van der Waals surface area contributed by atoms with E-state index in [0.29, 0.717) is 11.4 Å². The zero-order valence-corrected chi connectivity index (χ0v) is 10.1. The van der Waals surface area contributed by atoms with Gasteiger partial charge in [-0.25, -0.2) is 9.78 Å². The second-order valence-electron chi connectivity index (χ2n) is 3.93. The van der Waals surface area contributed by atoms with Crippen LogP contribution in [0.1, 0.15) is 27.7 Å². The fourth-order valence-corrected chi connectivity index (χ4v) is 1.49. The van der Waals surface area contributed by atoms with Gasteiger partial charge in [-0.2, -0.15) is 0 Å². The molecule has 0 amide bonds. The molecule has 5 nitrogen and oxygen atoms in total. The summed E-state index contributed by atoms with van der Waals surface area (Å²) in [5, 5.41) is 8.82. The minimum Gasteiger partial charge on any atom is -0.484 e. The highest BCUT2D eigenvalue weighted by atomic mass is 16.5. The number of carbonyl (C=O) groups is 1. The molecule has 94 valence electrons. The molecule has 0 radical (unpaired) electrons. The first kappa shape index (κ1) is 12.2. The number of hydrogen-bond donors (Lipinski definition) is 1. The maximum Gasteiger partial charge on any atom is 0.373 e. The van der Waals surface area contributed by atoms with Crippen LogP contribution in [0.15, 0.2) is 28.7 Å². The molecule has 0 aliphatic carbocycles. The van der Waals surface area contributed by atoms with Gasteiger partial charge in [0.25, 0.3) is 0 Å². The summed E-state index contributed by atoms with van der Waals surface area (Å²) in [6.45, 7) is 3.68. The molecule has 2 aromatic rings. The zero-order chi connectivity index (χ0) is 13.1. The summed E-state index contributed by atoms with van der Waals surface area (Å²) in [7, 11) is 0. The summed E-state index contributed by atoms with van der Waals surface area (Å²) in [5.74, 6) is -0.321. The Bertz CT molecular complexity index is 557. The largest absolute Gasteiger partial charge is 0.484 e. The van der Waals surface area contributed by atoms with Crippen LogP contribution in [-0.4, -0.2) is 16.1 Å². The fourth-order valence-electron chi connectivity index (χ4n) is 1.49. The van der Waals surface area contributed by atoms with Crippen LogP contribution in [0, 0.1) is 13.8 Å². The third-order valence-corrected chi connectivity index (χ3v) is 2.42. The van der Waals surface area contributed by atoms with Crippen LogP contribution in [0.2, 0.25) is 0 Å². The Balaban J connectivity index is 2.04. The van der Waals surface area contributed by atoms with Gasteiger partial charge < -0.3 is 14.3 Å². The number of rotatable bonds is 4. The van der Waals surface area contributed by atoms with Crippen LogP contribution in [0.25, 0.3) is 0 Å². The first-order valence-electron chi connectivity index (χ1n) is 5.45. The lowest BCUT2D eigenvalue weighted by atomic mass is 10.2. The normalized spacial score (nSPS) is 10.3. The van der Waals surface area contributed by atoms with Gasteiger partial charge in [-0.05, 0) is 26.0 Å². The number of hydrogen-bond acceptors (Lipinski definition) is 4. The van der Waals surface area contributed by atoms with E-state index >= 15 is 0 Å². The Kier molecular flexibility index (Phi) is 3.32. The van der Waals surface area contributed by atoms with Crippen molar-refractivity contribution in [3.8, 4) is 5.75 Å². The average molecular weight is 247 g/mol. The second kappa shape index (κ2) is 4.91. The van der Waals surface area contributed by atoms with E-state index in [1.807, 2.05) is 31.2 Å². The third-order valence-electron chi connectivity index (χ3n) is 2.42. The summed E-state index contributed by atoms with van der Waals surface area (Å²) in [6.07, 6.45) is 0. The zero-order valence-electron chi connectivity index (χ0n) is 10.1. The van der Waals surface area contributed by atoms with E-state index in [2.05, 4.69) is 4.98 Å². The number of oxazole rings is 1. The molecule has 1 aromatic carbocycles. The SMILES string of the molecule is Cc1ccc(OCc2nc(C)c(C(=O)O)o2)cc1. The molecule has 5 heteroatoms. The molecule has 0 unspecified atom stereocenters. The van der Waals surface area contributed by atoms with Crippen LogP contribution < -0.4 is 4.74 Å². The van der Waals surface area contributed by atoms with Gasteiger partial charge in [-0.3, -0.25) is 0 Å². The first-order chi connectivity index (χ1) is 8.56. The van der Waals surface area contributed by atoms with Gasteiger partial charge in [0.05, 0.1) is 5.69 Å². The predicted molar refractivity (Wildman–Crippen MR) is 63.7 cm³/mol. The Morgan fingerprint density at radius 2 is 2.00 bits per heavy atom. The minimum atomic E-state index is -1.12. The molecule has 0 saturated carbocycles. The minimum absolute atomic E-state index is 0.108. The molecular weight excluding hydrogens is 234 g/mol. The van der Waals surface area contributed by atoms with Crippen molar-refractivity contribution in [1.29, 1.82) is 0 Å². The van der Waals surface area contributed by atoms with Crippen LogP contribution in [0.4, 0.5) is 0 Å². The van der Waals surface area contributed by atoms with Gasteiger partial charge in [0.2, 0.25) is 11.7 Å². The Morgan fingerprint density at radius 1 is 1.33 bits per heavy atom. The van der Waals surface area contributed by atoms with Crippen molar-refractivity contribution >= 4 is 5.97 Å². The number of carboxylic acids is 1. The molecule has 0 spiro atoms. The number of benzene rings is 1. The van der Waals surface area contributed by atoms with E-state index in [4.69, 9.17) is 14.3 Å². The maximum absolute atomic E-state index is 10.8. The summed E-state index contributed by atoms with van der Waals surface area (Å²) in [5.41, 5.74) is 1.49. The molecule has 1 heterocycles. The topological polar surface area (TPSA) is 72.6 Å². The van der Waals surface area contributed by atoms with Crippen molar-refractivity contribution in [2.45, 2.75) is 20.5 Å². The van der Waals surface area contributed by atoms with Crippen LogP contribution >= 0.6 is 0 Å². The highest BCUT2D eigenvalue weighted by molar-refractivity contribution is 5.85. The molecule has 2 rings (SSSR count). The summed E-state index contributed by atoms with van der Waals surface area (Å²) >= 11 is 0. The smallest absolute Gasteiger partial charge is 0.373 e. The van der Waals surface area contributed by atoms with E-state index in [1.165, 1.54) is 0 Å². The van der Waals surface area contributed by atoms with E-state index in [0.717, 1.165) is 5.56 Å². The highest BCUT2D eigenvalue weighted by Crippen LogP contribution is 2.15. The standard InChI is InChI=1S/C13H13NO4/c1-8-3-5-10(6-4-8)17-7-11-14-9(2)12(18-11)13(15)16/h3-6H,7H2,1-2H3,(H,15,16). The van der Waals surface area contributed by atoms with Gasteiger partial charge in [0.15, 0.2) is 6.61 Å². The molecule has 0 aliphatic heterocycles. The summed E-state index contributed by atoms with van der Waals surface area (Å²) in [4.78, 5) is 14.8. The lowest BCUT2D eigenvalue weighted by Crippen LogP contribution is -1.96. The van der Waals surface area contributed by atoms with E-state index in [1.54, 1.807) is 6.92 Å². The molecule has 18 heavy (non-hydrogen) atoms. The summed E-state index contributed by atoms with van der Waals surface area (Å²) in [6, 6.07) is 7.53. The maximum atomic E-state index is 10.8. The number of nitrogens with zero attached hydrogens (tertiary/aromatic N) is 1. The molecule has 0 fully saturated rings. The van der Waals surface area contributed by atoms with Crippen molar-refractivity contribution < 1.29 is 19.1 Å². The quantitative estimate of drug-likeness (QED) is 0.898. The first-order valence-corrected chi connectivity index (χ1v) is 5.45. The number of aromatic nitrogens is 1. The lowest BCUT2D eigenvalue weighted by molar-refractivity contribution is 0.0657. The molecule has 1 N–H and O–H groups in total. The molecule has 1 aromatic heterocycles. The van der Waals surface area contributed by atoms with E-state index < -0.39 is 5.97 Å². The van der Waals surface area contributed by atoms with Gasteiger partial charge in [0, 0.05) is 0 Å². The molecule has 0 saturated heterocycles. The van der Waals surface area contributed by atoms with Crippen molar-refractivity contribution in [1.82, 2.24) is 4.98 Å². The van der Waals surface area contributed by atoms with E-state index in [-0.39, 0.29) is 18.3 Å². The third kappa shape index (κ3) is 2.68. The predicted octanol–water partition coefficient (Wildman–Crippen LogP) is 2.57. The summed E-state index contributed by atoms with van der Waals surface area (Å²) < 4.78 is 10.5. The van der Waals surface area contributed by atoms with E-state index in [9.17, 15) is 4.79 Å². The molecular formula is C13H13NO4. The number of aromatic carboxylic acids is 1. The molecule has 0 aliphatic rings. The average Bonchev–Trinajstić information content (AvgIpc) is 2.70. The number of ether oxygens (including phenoxy) is 1. The second-order valence-corrected chi connectivity index (χ2v) is 3.93. The van der Waals surface area contributed by atoms with Gasteiger partial charge >= 0.3 is 5.97 Å². The van der Waals surface area contributed by atoms with Crippen LogP contribution in [0.3, 0.4) is 0 Å². The molecule has 0 bridgehead atoms. The number of carboxylic acid groups (broad SMARTS) is 1. The lowest BCUT2D eigenvalue weighted by Gasteiger charge is -2.03. The fraction of sp³-hybridized carbons (Fsp3) is 0.231. The van der Waals surface area contributed by atoms with Crippen molar-refractivity contribution in [3.63, 3.8) is 0 Å².